The van der Waals surface area contributed by atoms with E-state index in [1.807, 2.05) is 11.8 Å². The molecule has 0 fully saturated rings. The molecule has 0 saturated carbocycles. The lowest BCUT2D eigenvalue weighted by Gasteiger charge is -2.09. The van der Waals surface area contributed by atoms with Crippen LogP contribution in [-0.4, -0.2) is 12.0 Å². The number of thioether (sulfide) groups is 1. The van der Waals surface area contributed by atoms with Crippen LogP contribution in [0.15, 0.2) is 28.7 Å². The van der Waals surface area contributed by atoms with Crippen LogP contribution < -0.4 is 0 Å². The van der Waals surface area contributed by atoms with E-state index in [0.29, 0.717) is 5.92 Å². The average Bonchev–Trinajstić information content (AvgIpc) is 2.05. The summed E-state index contributed by atoms with van der Waals surface area (Å²) in [4.78, 5) is 0. The van der Waals surface area contributed by atoms with Crippen molar-refractivity contribution in [2.75, 3.05) is 12.0 Å². The van der Waals surface area contributed by atoms with Gasteiger partial charge in [-0.1, -0.05) is 35.0 Å². The molecule has 1 rings (SSSR count). The number of rotatable bonds is 3. The summed E-state index contributed by atoms with van der Waals surface area (Å²) in [7, 11) is 0. The predicted molar refractivity (Wildman–Crippen MR) is 60.9 cm³/mol. The lowest BCUT2D eigenvalue weighted by Crippen LogP contribution is -1.95. The Kier molecular flexibility index (Phi) is 4.16. The molecule has 0 radical (unpaired) electrons. The molecule has 1 aromatic rings. The second kappa shape index (κ2) is 4.93. The fraction of sp³-hybridized carbons (Fsp3) is 0.400. The second-order valence-corrected chi connectivity index (χ2v) is 4.74. The number of benzene rings is 1. The zero-order valence-electron chi connectivity index (χ0n) is 7.38. The van der Waals surface area contributed by atoms with Gasteiger partial charge in [-0.05, 0) is 35.6 Å². The monoisotopic (exact) mass is 244 g/mol. The van der Waals surface area contributed by atoms with Crippen LogP contribution >= 0.6 is 27.7 Å². The van der Waals surface area contributed by atoms with E-state index in [1.165, 1.54) is 15.8 Å². The summed E-state index contributed by atoms with van der Waals surface area (Å²) >= 11 is 5.37. The van der Waals surface area contributed by atoms with E-state index >= 15 is 0 Å². The minimum Gasteiger partial charge on any atom is -0.165 e. The molecule has 0 nitrogen and oxygen atoms in total. The van der Waals surface area contributed by atoms with E-state index in [9.17, 15) is 0 Å². The van der Waals surface area contributed by atoms with Crippen molar-refractivity contribution in [3.8, 4) is 0 Å². The molecular formula is C10H13BrS. The zero-order valence-corrected chi connectivity index (χ0v) is 9.78. The van der Waals surface area contributed by atoms with Crippen LogP contribution in [0, 0.1) is 0 Å². The zero-order chi connectivity index (χ0) is 8.97. The van der Waals surface area contributed by atoms with Crippen LogP contribution in [0.4, 0.5) is 0 Å². The van der Waals surface area contributed by atoms with Crippen molar-refractivity contribution in [1.29, 1.82) is 0 Å². The van der Waals surface area contributed by atoms with Gasteiger partial charge in [0.05, 0.1) is 0 Å². The minimum atomic E-state index is 0.650. The molecule has 0 saturated heterocycles. The van der Waals surface area contributed by atoms with E-state index in [4.69, 9.17) is 0 Å². The van der Waals surface area contributed by atoms with Gasteiger partial charge in [0.1, 0.15) is 0 Å². The van der Waals surface area contributed by atoms with E-state index in [-0.39, 0.29) is 0 Å². The van der Waals surface area contributed by atoms with Gasteiger partial charge < -0.3 is 0 Å². The molecule has 66 valence electrons. The third kappa shape index (κ3) is 2.83. The Bertz CT molecular complexity index is 247. The largest absolute Gasteiger partial charge is 0.165 e. The molecule has 0 N–H and O–H groups in total. The van der Waals surface area contributed by atoms with E-state index < -0.39 is 0 Å². The highest BCUT2D eigenvalue weighted by Gasteiger charge is 2.03. The van der Waals surface area contributed by atoms with Gasteiger partial charge in [-0.25, -0.2) is 0 Å². The Hall–Kier alpha value is 0.0500. The van der Waals surface area contributed by atoms with Gasteiger partial charge in [0.2, 0.25) is 0 Å². The molecule has 2 heteroatoms. The Labute approximate surface area is 86.9 Å². The quantitative estimate of drug-likeness (QED) is 0.777. The lowest BCUT2D eigenvalue weighted by atomic mass is 10.0. The molecule has 12 heavy (non-hydrogen) atoms. The van der Waals surface area contributed by atoms with Gasteiger partial charge in [0.25, 0.3) is 0 Å². The third-order valence-corrected chi connectivity index (χ3v) is 3.16. The lowest BCUT2D eigenvalue weighted by molar-refractivity contribution is 0.881. The Balaban J connectivity index is 2.73. The first-order chi connectivity index (χ1) is 5.74. The summed E-state index contributed by atoms with van der Waals surface area (Å²) in [6.07, 6.45) is 2.15. The van der Waals surface area contributed by atoms with Crippen molar-refractivity contribution in [2.45, 2.75) is 12.8 Å². The van der Waals surface area contributed by atoms with Gasteiger partial charge in [-0.2, -0.15) is 11.8 Å². The van der Waals surface area contributed by atoms with Gasteiger partial charge in [-0.3, -0.25) is 0 Å². The number of hydrogen-bond donors (Lipinski definition) is 0. The maximum absolute atomic E-state index is 3.47. The highest BCUT2D eigenvalue weighted by atomic mass is 79.9. The standard InChI is InChI=1S/C10H13BrS/c1-8(7-12-2)9-4-3-5-10(11)6-9/h3-6,8H,7H2,1-2H3. The molecule has 0 aliphatic rings. The van der Waals surface area contributed by atoms with Crippen molar-refractivity contribution in [3.63, 3.8) is 0 Å². The Morgan fingerprint density at radius 3 is 2.83 bits per heavy atom. The van der Waals surface area contributed by atoms with E-state index in [1.54, 1.807) is 0 Å². The fourth-order valence-electron chi connectivity index (χ4n) is 1.16. The second-order valence-electron chi connectivity index (χ2n) is 2.91. The average molecular weight is 245 g/mol. The maximum Gasteiger partial charge on any atom is 0.0178 e. The molecule has 1 atom stereocenters. The maximum atomic E-state index is 3.47. The van der Waals surface area contributed by atoms with Crippen molar-refractivity contribution < 1.29 is 0 Å². The first-order valence-electron chi connectivity index (χ1n) is 3.98. The molecule has 0 heterocycles. The summed E-state index contributed by atoms with van der Waals surface area (Å²) in [5, 5.41) is 0. The third-order valence-electron chi connectivity index (χ3n) is 1.83. The smallest absolute Gasteiger partial charge is 0.0178 e. The summed E-state index contributed by atoms with van der Waals surface area (Å²) in [5.74, 6) is 1.84. The minimum absolute atomic E-state index is 0.650. The van der Waals surface area contributed by atoms with Crippen molar-refractivity contribution in [1.82, 2.24) is 0 Å². The number of hydrogen-bond acceptors (Lipinski definition) is 1. The summed E-state index contributed by atoms with van der Waals surface area (Å²) in [6, 6.07) is 8.54. The van der Waals surface area contributed by atoms with Crippen LogP contribution in [0.25, 0.3) is 0 Å². The summed E-state index contributed by atoms with van der Waals surface area (Å²) < 4.78 is 1.17. The molecule has 1 unspecified atom stereocenters. The molecule has 0 aliphatic carbocycles. The van der Waals surface area contributed by atoms with Gasteiger partial charge >= 0.3 is 0 Å². The molecule has 0 aromatic heterocycles. The van der Waals surface area contributed by atoms with Crippen molar-refractivity contribution in [3.05, 3.63) is 34.3 Å². The van der Waals surface area contributed by atoms with Crippen LogP contribution in [0.5, 0.6) is 0 Å². The van der Waals surface area contributed by atoms with Crippen LogP contribution in [0.1, 0.15) is 18.4 Å². The van der Waals surface area contributed by atoms with Gasteiger partial charge in [0, 0.05) is 4.47 Å². The first-order valence-corrected chi connectivity index (χ1v) is 6.17. The highest BCUT2D eigenvalue weighted by molar-refractivity contribution is 9.10. The van der Waals surface area contributed by atoms with Crippen LogP contribution in [0.2, 0.25) is 0 Å². The Morgan fingerprint density at radius 1 is 1.50 bits per heavy atom. The van der Waals surface area contributed by atoms with E-state index in [0.717, 1.165) is 0 Å². The molecule has 1 aromatic carbocycles. The van der Waals surface area contributed by atoms with Crippen LogP contribution in [-0.2, 0) is 0 Å². The van der Waals surface area contributed by atoms with Crippen molar-refractivity contribution >= 4 is 27.7 Å². The molecule has 0 aliphatic heterocycles. The summed E-state index contributed by atoms with van der Waals surface area (Å²) in [5.41, 5.74) is 1.42. The van der Waals surface area contributed by atoms with Crippen LogP contribution in [0.3, 0.4) is 0 Å². The highest BCUT2D eigenvalue weighted by Crippen LogP contribution is 2.21. The predicted octanol–water partition coefficient (Wildman–Crippen LogP) is 3.92. The fourth-order valence-corrected chi connectivity index (χ4v) is 2.27. The first kappa shape index (κ1) is 10.1. The van der Waals surface area contributed by atoms with E-state index in [2.05, 4.69) is 53.4 Å². The topological polar surface area (TPSA) is 0 Å². The normalized spacial score (nSPS) is 12.9. The molecule has 0 amide bonds. The molecular weight excluding hydrogens is 232 g/mol. The van der Waals surface area contributed by atoms with Gasteiger partial charge in [-0.15, -0.1) is 0 Å². The summed E-state index contributed by atoms with van der Waals surface area (Å²) in [6.45, 7) is 2.26. The Morgan fingerprint density at radius 2 is 2.25 bits per heavy atom. The number of halogens is 1. The van der Waals surface area contributed by atoms with Gasteiger partial charge in [0.15, 0.2) is 0 Å². The molecule has 0 bridgehead atoms. The van der Waals surface area contributed by atoms with Crippen molar-refractivity contribution in [2.24, 2.45) is 0 Å². The molecule has 0 spiro atoms. The SMILES string of the molecule is CSCC(C)c1cccc(Br)c1.